The summed E-state index contributed by atoms with van der Waals surface area (Å²) in [4.78, 5) is 4.33. The minimum absolute atomic E-state index is 0.453. The van der Waals surface area contributed by atoms with Gasteiger partial charge < -0.3 is 5.32 Å². The monoisotopic (exact) mass is 288 g/mol. The van der Waals surface area contributed by atoms with Gasteiger partial charge in [-0.3, -0.25) is 0 Å². The number of hydrogen-bond donors (Lipinski definition) is 1. The summed E-state index contributed by atoms with van der Waals surface area (Å²) in [6.45, 7) is 10.4. The zero-order valence-corrected chi connectivity index (χ0v) is 12.0. The Bertz CT molecular complexity index is 356. The Morgan fingerprint density at radius 3 is 2.40 bits per heavy atom. The highest BCUT2D eigenvalue weighted by Crippen LogP contribution is 2.68. The lowest BCUT2D eigenvalue weighted by Gasteiger charge is -2.04. The predicted octanol–water partition coefficient (Wildman–Crippen LogP) is 4.00. The summed E-state index contributed by atoms with van der Waals surface area (Å²) < 4.78 is 0.921. The first-order valence-electron chi connectivity index (χ1n) is 5.20. The predicted molar refractivity (Wildman–Crippen MR) is 69.4 cm³/mol. The summed E-state index contributed by atoms with van der Waals surface area (Å²) in [5, 5.41) is 6.44. The molecular weight excluding hydrogens is 272 g/mol. The highest BCUT2D eigenvalue weighted by atomic mass is 79.9. The molecule has 4 heteroatoms. The van der Waals surface area contributed by atoms with Crippen molar-refractivity contribution in [3.63, 3.8) is 0 Å². The number of nitrogens with zero attached hydrogens (tertiary/aromatic N) is 1. The molecule has 0 radical (unpaired) electrons. The third kappa shape index (κ3) is 1.82. The van der Waals surface area contributed by atoms with Gasteiger partial charge in [0.15, 0.2) is 5.13 Å². The normalized spacial score (nSPS) is 22.7. The first kappa shape index (κ1) is 11.4. The van der Waals surface area contributed by atoms with E-state index in [4.69, 9.17) is 0 Å². The molecule has 0 aliphatic heterocycles. The molecule has 0 atom stereocenters. The molecule has 0 amide bonds. The number of rotatable bonds is 3. The smallest absolute Gasteiger partial charge is 0.183 e. The van der Waals surface area contributed by atoms with Crippen molar-refractivity contribution in [2.45, 2.75) is 27.7 Å². The van der Waals surface area contributed by atoms with Crippen molar-refractivity contribution in [3.8, 4) is 0 Å². The van der Waals surface area contributed by atoms with Crippen LogP contribution >= 0.6 is 27.3 Å². The van der Waals surface area contributed by atoms with E-state index >= 15 is 0 Å². The lowest BCUT2D eigenvalue weighted by molar-refractivity contribution is 0.457. The molecule has 1 aliphatic rings. The van der Waals surface area contributed by atoms with E-state index in [-0.39, 0.29) is 0 Å². The number of anilines is 1. The highest BCUT2D eigenvalue weighted by molar-refractivity contribution is 9.10. The molecule has 2 rings (SSSR count). The molecule has 1 N–H and O–H groups in total. The molecule has 0 bridgehead atoms. The van der Waals surface area contributed by atoms with E-state index in [0.717, 1.165) is 22.2 Å². The fraction of sp³-hybridized carbons (Fsp3) is 0.727. The average Bonchev–Trinajstić information content (AvgIpc) is 2.50. The van der Waals surface area contributed by atoms with Crippen LogP contribution in [-0.2, 0) is 0 Å². The Balaban J connectivity index is 1.91. The van der Waals surface area contributed by atoms with E-state index in [2.05, 4.69) is 53.9 Å². The van der Waals surface area contributed by atoms with Crippen LogP contribution in [0.1, 0.15) is 27.7 Å². The zero-order valence-electron chi connectivity index (χ0n) is 9.60. The Hall–Kier alpha value is -0.0900. The minimum atomic E-state index is 0.453. The SMILES string of the molecule is CC1(C)C(CNc2nc(Br)cs2)C1(C)C. The van der Waals surface area contributed by atoms with Gasteiger partial charge in [-0.05, 0) is 32.7 Å². The van der Waals surface area contributed by atoms with E-state index in [0.29, 0.717) is 10.8 Å². The third-order valence-electron chi connectivity index (χ3n) is 4.25. The summed E-state index contributed by atoms with van der Waals surface area (Å²) in [6.07, 6.45) is 0. The van der Waals surface area contributed by atoms with Crippen molar-refractivity contribution in [3.05, 3.63) is 9.98 Å². The van der Waals surface area contributed by atoms with Gasteiger partial charge in [0, 0.05) is 11.9 Å². The van der Waals surface area contributed by atoms with Crippen LogP contribution in [-0.4, -0.2) is 11.5 Å². The van der Waals surface area contributed by atoms with Crippen LogP contribution in [0.3, 0.4) is 0 Å². The molecule has 1 fully saturated rings. The van der Waals surface area contributed by atoms with Crippen LogP contribution in [0.4, 0.5) is 5.13 Å². The van der Waals surface area contributed by atoms with Gasteiger partial charge in [-0.25, -0.2) is 4.98 Å². The van der Waals surface area contributed by atoms with E-state index in [1.54, 1.807) is 11.3 Å². The molecule has 1 heterocycles. The summed E-state index contributed by atoms with van der Waals surface area (Å²) >= 11 is 5.01. The third-order valence-corrected chi connectivity index (χ3v) is 5.76. The minimum Gasteiger partial charge on any atom is -0.361 e. The standard InChI is InChI=1S/C11H17BrN2S/c1-10(2)7(11(10,3)4)5-13-9-14-8(12)6-15-9/h6-7H,5H2,1-4H3,(H,13,14). The first-order valence-corrected chi connectivity index (χ1v) is 6.88. The molecule has 0 saturated heterocycles. The van der Waals surface area contributed by atoms with Gasteiger partial charge in [0.1, 0.15) is 4.60 Å². The first-order chi connectivity index (χ1) is 6.85. The molecule has 2 nitrogen and oxygen atoms in total. The molecule has 0 spiro atoms. The molecular formula is C11H17BrN2S. The second-order valence-corrected chi connectivity index (χ2v) is 7.02. The van der Waals surface area contributed by atoms with Crippen LogP contribution in [0.25, 0.3) is 0 Å². The Kier molecular flexibility index (Phi) is 2.62. The second kappa shape index (κ2) is 3.45. The summed E-state index contributed by atoms with van der Waals surface area (Å²) in [7, 11) is 0. The fourth-order valence-electron chi connectivity index (χ4n) is 2.37. The van der Waals surface area contributed by atoms with Gasteiger partial charge in [0.25, 0.3) is 0 Å². The number of thiazole rings is 1. The molecule has 84 valence electrons. The maximum absolute atomic E-state index is 4.33. The maximum Gasteiger partial charge on any atom is 0.183 e. The number of hydrogen-bond acceptors (Lipinski definition) is 3. The molecule has 0 unspecified atom stereocenters. The van der Waals surface area contributed by atoms with E-state index in [9.17, 15) is 0 Å². The van der Waals surface area contributed by atoms with Gasteiger partial charge in [0.05, 0.1) is 0 Å². The Labute approximate surface area is 104 Å². The molecule has 0 aromatic carbocycles. The van der Waals surface area contributed by atoms with Crippen molar-refractivity contribution in [1.29, 1.82) is 0 Å². The van der Waals surface area contributed by atoms with Gasteiger partial charge in [-0.1, -0.05) is 27.7 Å². The molecule has 1 aromatic heterocycles. The lowest BCUT2D eigenvalue weighted by Crippen LogP contribution is -2.07. The van der Waals surface area contributed by atoms with Gasteiger partial charge in [-0.2, -0.15) is 0 Å². The van der Waals surface area contributed by atoms with Crippen molar-refractivity contribution >= 4 is 32.4 Å². The molecule has 1 aliphatic carbocycles. The van der Waals surface area contributed by atoms with Gasteiger partial charge in [0.2, 0.25) is 0 Å². The van der Waals surface area contributed by atoms with Crippen LogP contribution < -0.4 is 5.32 Å². The van der Waals surface area contributed by atoms with Gasteiger partial charge in [-0.15, -0.1) is 11.3 Å². The summed E-state index contributed by atoms with van der Waals surface area (Å²) in [6, 6.07) is 0. The number of nitrogens with one attached hydrogen (secondary N) is 1. The molecule has 1 aromatic rings. The van der Waals surface area contributed by atoms with Crippen LogP contribution in [0.5, 0.6) is 0 Å². The summed E-state index contributed by atoms with van der Waals surface area (Å²) in [5.41, 5.74) is 0.906. The van der Waals surface area contributed by atoms with E-state index in [1.165, 1.54) is 0 Å². The van der Waals surface area contributed by atoms with Crippen molar-refractivity contribution in [2.75, 3.05) is 11.9 Å². The topological polar surface area (TPSA) is 24.9 Å². The quantitative estimate of drug-likeness (QED) is 0.909. The van der Waals surface area contributed by atoms with E-state index < -0.39 is 0 Å². The highest BCUT2D eigenvalue weighted by Gasteiger charge is 2.64. The zero-order chi connectivity index (χ0) is 11.3. The fourth-order valence-corrected chi connectivity index (χ4v) is 3.52. The maximum atomic E-state index is 4.33. The Morgan fingerprint density at radius 1 is 1.40 bits per heavy atom. The average molecular weight is 289 g/mol. The lowest BCUT2D eigenvalue weighted by atomic mass is 10.0. The van der Waals surface area contributed by atoms with Crippen LogP contribution in [0.2, 0.25) is 0 Å². The van der Waals surface area contributed by atoms with Crippen LogP contribution in [0, 0.1) is 16.7 Å². The van der Waals surface area contributed by atoms with Crippen molar-refractivity contribution in [1.82, 2.24) is 4.98 Å². The number of halogens is 1. The number of aromatic nitrogens is 1. The van der Waals surface area contributed by atoms with Gasteiger partial charge >= 0.3 is 0 Å². The van der Waals surface area contributed by atoms with E-state index in [1.807, 2.05) is 5.38 Å². The largest absolute Gasteiger partial charge is 0.361 e. The van der Waals surface area contributed by atoms with Crippen molar-refractivity contribution in [2.24, 2.45) is 16.7 Å². The second-order valence-electron chi connectivity index (χ2n) is 5.35. The Morgan fingerprint density at radius 2 is 2.00 bits per heavy atom. The van der Waals surface area contributed by atoms with Crippen LogP contribution in [0.15, 0.2) is 9.98 Å². The molecule has 15 heavy (non-hydrogen) atoms. The summed E-state index contributed by atoms with van der Waals surface area (Å²) in [5.74, 6) is 0.743. The molecule has 1 saturated carbocycles. The van der Waals surface area contributed by atoms with Crippen molar-refractivity contribution < 1.29 is 0 Å².